The van der Waals surface area contributed by atoms with E-state index in [1.54, 1.807) is 12.1 Å². The molecule has 0 atom stereocenters. The summed E-state index contributed by atoms with van der Waals surface area (Å²) in [5.74, 6) is 1.47. The zero-order chi connectivity index (χ0) is 27.2. The van der Waals surface area contributed by atoms with E-state index >= 15 is 0 Å². The van der Waals surface area contributed by atoms with Gasteiger partial charge in [-0.3, -0.25) is 14.9 Å². The highest BCUT2D eigenvalue weighted by Gasteiger charge is 2.17. The second kappa shape index (κ2) is 11.5. The number of carbonyl (C=O) groups is 1. The number of aryl methyl sites for hydroxylation is 2. The Morgan fingerprint density at radius 2 is 1.84 bits per heavy atom. The predicted octanol–water partition coefficient (Wildman–Crippen LogP) is 7.47. The van der Waals surface area contributed by atoms with Crippen molar-refractivity contribution in [2.45, 2.75) is 33.8 Å². The van der Waals surface area contributed by atoms with E-state index < -0.39 is 10.8 Å². The number of non-ortho nitro benzene ring substituents is 1. The van der Waals surface area contributed by atoms with Gasteiger partial charge in [0.25, 0.3) is 11.6 Å². The van der Waals surface area contributed by atoms with Crippen molar-refractivity contribution in [3.05, 3.63) is 123 Å². The van der Waals surface area contributed by atoms with E-state index in [9.17, 15) is 14.9 Å². The first-order valence-corrected chi connectivity index (χ1v) is 12.0. The summed E-state index contributed by atoms with van der Waals surface area (Å²) in [6.07, 6.45) is 2.46. The number of ether oxygens (including phenoxy) is 2. The van der Waals surface area contributed by atoms with Crippen LogP contribution in [0.4, 0.5) is 11.4 Å². The molecule has 1 heterocycles. The number of anilines is 1. The fourth-order valence-corrected chi connectivity index (χ4v) is 3.94. The molecule has 0 radical (unpaired) electrons. The fourth-order valence-electron chi connectivity index (χ4n) is 3.94. The highest BCUT2D eigenvalue weighted by Crippen LogP contribution is 2.33. The van der Waals surface area contributed by atoms with Crippen LogP contribution in [0.5, 0.6) is 17.2 Å². The Morgan fingerprint density at radius 3 is 2.61 bits per heavy atom. The summed E-state index contributed by atoms with van der Waals surface area (Å²) in [6, 6.07) is 18.8. The number of carbonyl (C=O) groups excluding carboxylic acids is 1. The van der Waals surface area contributed by atoms with Crippen LogP contribution in [0.3, 0.4) is 0 Å². The molecule has 8 nitrogen and oxygen atoms in total. The molecule has 0 unspecified atom stereocenters. The van der Waals surface area contributed by atoms with E-state index in [0.717, 1.165) is 22.3 Å². The van der Waals surface area contributed by atoms with Crippen LogP contribution in [0, 0.1) is 30.9 Å². The Morgan fingerprint density at radius 1 is 1.05 bits per heavy atom. The predicted molar refractivity (Wildman–Crippen MR) is 145 cm³/mol. The number of amides is 1. The first-order valence-electron chi connectivity index (χ1n) is 12.0. The number of para-hydroxylation sites is 1. The molecule has 38 heavy (non-hydrogen) atoms. The largest absolute Gasteiger partial charge is 0.485 e. The first kappa shape index (κ1) is 26.2. The SMILES string of the molecule is C=CCc1ccccc1OCc1ccc(C(=O)Nc2cc(Oc3cc(C)cc(C)c3C)cc([N+](=O)[O-])c2)o1. The average Bonchev–Trinajstić information content (AvgIpc) is 3.36. The number of benzene rings is 3. The lowest BCUT2D eigenvalue weighted by Crippen LogP contribution is -2.11. The lowest BCUT2D eigenvalue weighted by Gasteiger charge is -2.13. The molecule has 1 amide bonds. The van der Waals surface area contributed by atoms with Gasteiger partial charge < -0.3 is 19.2 Å². The number of hydrogen-bond donors (Lipinski definition) is 1. The first-order chi connectivity index (χ1) is 18.2. The fraction of sp³-hybridized carbons (Fsp3) is 0.167. The molecule has 0 aliphatic carbocycles. The molecule has 0 saturated carbocycles. The van der Waals surface area contributed by atoms with Crippen LogP contribution < -0.4 is 14.8 Å². The molecule has 0 saturated heterocycles. The summed E-state index contributed by atoms with van der Waals surface area (Å²) in [4.78, 5) is 23.9. The third-order valence-corrected chi connectivity index (χ3v) is 5.94. The summed E-state index contributed by atoms with van der Waals surface area (Å²) in [5, 5.41) is 14.2. The van der Waals surface area contributed by atoms with Gasteiger partial charge in [-0.2, -0.15) is 0 Å². The molecule has 1 N–H and O–H groups in total. The van der Waals surface area contributed by atoms with Gasteiger partial charge in [-0.05, 0) is 73.7 Å². The van der Waals surface area contributed by atoms with Gasteiger partial charge in [0, 0.05) is 12.1 Å². The van der Waals surface area contributed by atoms with E-state index in [1.165, 1.54) is 24.3 Å². The zero-order valence-corrected chi connectivity index (χ0v) is 21.4. The number of nitrogens with zero attached hydrogens (tertiary/aromatic N) is 1. The van der Waals surface area contributed by atoms with Crippen molar-refractivity contribution in [3.63, 3.8) is 0 Å². The van der Waals surface area contributed by atoms with Crippen LogP contribution in [0.25, 0.3) is 0 Å². The Labute approximate surface area is 220 Å². The topological polar surface area (TPSA) is 104 Å². The number of rotatable bonds is 10. The summed E-state index contributed by atoms with van der Waals surface area (Å²) < 4.78 is 17.5. The number of nitro benzene ring substituents is 1. The van der Waals surface area contributed by atoms with Gasteiger partial charge in [0.05, 0.1) is 16.7 Å². The molecule has 4 rings (SSSR count). The van der Waals surface area contributed by atoms with E-state index in [2.05, 4.69) is 11.9 Å². The minimum atomic E-state index is -0.558. The summed E-state index contributed by atoms with van der Waals surface area (Å²) in [7, 11) is 0. The van der Waals surface area contributed by atoms with E-state index in [1.807, 2.05) is 57.2 Å². The number of furan rings is 1. The minimum Gasteiger partial charge on any atom is -0.485 e. The Bertz CT molecular complexity index is 1500. The maximum atomic E-state index is 12.9. The second-order valence-electron chi connectivity index (χ2n) is 8.89. The molecule has 0 fully saturated rings. The molecular formula is C30H28N2O6. The Balaban J connectivity index is 1.49. The summed E-state index contributed by atoms with van der Waals surface area (Å²) in [5.41, 5.74) is 3.95. The number of nitro groups is 1. The highest BCUT2D eigenvalue weighted by atomic mass is 16.6. The normalized spacial score (nSPS) is 10.6. The molecule has 4 aromatic rings. The monoisotopic (exact) mass is 512 g/mol. The maximum Gasteiger partial charge on any atom is 0.291 e. The molecule has 0 spiro atoms. The van der Waals surface area contributed by atoms with E-state index in [0.29, 0.717) is 23.7 Å². The van der Waals surface area contributed by atoms with Crippen LogP contribution >= 0.6 is 0 Å². The third-order valence-electron chi connectivity index (χ3n) is 5.94. The lowest BCUT2D eigenvalue weighted by molar-refractivity contribution is -0.384. The van der Waals surface area contributed by atoms with Gasteiger partial charge in [0.1, 0.15) is 29.6 Å². The average molecular weight is 513 g/mol. The van der Waals surface area contributed by atoms with Gasteiger partial charge in [-0.1, -0.05) is 30.3 Å². The van der Waals surface area contributed by atoms with Crippen molar-refractivity contribution in [2.24, 2.45) is 0 Å². The molecule has 8 heteroatoms. The van der Waals surface area contributed by atoms with Crippen molar-refractivity contribution < 1.29 is 23.6 Å². The summed E-state index contributed by atoms with van der Waals surface area (Å²) in [6.45, 7) is 9.72. The van der Waals surface area contributed by atoms with E-state index in [4.69, 9.17) is 13.9 Å². The molecule has 1 aromatic heterocycles. The van der Waals surface area contributed by atoms with Crippen molar-refractivity contribution in [1.29, 1.82) is 0 Å². The summed E-state index contributed by atoms with van der Waals surface area (Å²) >= 11 is 0. The van der Waals surface area contributed by atoms with E-state index in [-0.39, 0.29) is 29.5 Å². The second-order valence-corrected chi connectivity index (χ2v) is 8.89. The Hall–Kier alpha value is -4.85. The molecular weight excluding hydrogens is 484 g/mol. The van der Waals surface area contributed by atoms with Gasteiger partial charge in [0.15, 0.2) is 5.76 Å². The van der Waals surface area contributed by atoms with Gasteiger partial charge in [-0.25, -0.2) is 0 Å². The molecule has 0 aliphatic rings. The minimum absolute atomic E-state index is 0.0436. The van der Waals surface area contributed by atoms with Crippen molar-refractivity contribution in [1.82, 2.24) is 0 Å². The smallest absolute Gasteiger partial charge is 0.291 e. The van der Waals surface area contributed by atoms with Gasteiger partial charge in [0.2, 0.25) is 0 Å². The molecule has 194 valence electrons. The lowest BCUT2D eigenvalue weighted by atomic mass is 10.1. The Kier molecular flexibility index (Phi) is 7.91. The van der Waals surface area contributed by atoms with Gasteiger partial charge >= 0.3 is 0 Å². The van der Waals surface area contributed by atoms with Crippen molar-refractivity contribution in [3.8, 4) is 17.2 Å². The van der Waals surface area contributed by atoms with Crippen LogP contribution in [-0.2, 0) is 13.0 Å². The number of nitrogens with one attached hydrogen (secondary N) is 1. The molecule has 0 bridgehead atoms. The maximum absolute atomic E-state index is 12.9. The number of hydrogen-bond acceptors (Lipinski definition) is 6. The van der Waals surface area contributed by atoms with Crippen LogP contribution in [0.1, 0.15) is 38.6 Å². The van der Waals surface area contributed by atoms with Crippen LogP contribution in [-0.4, -0.2) is 10.8 Å². The highest BCUT2D eigenvalue weighted by molar-refractivity contribution is 6.02. The van der Waals surface area contributed by atoms with Crippen molar-refractivity contribution >= 4 is 17.3 Å². The molecule has 0 aliphatic heterocycles. The zero-order valence-electron chi connectivity index (χ0n) is 21.4. The quantitative estimate of drug-likeness (QED) is 0.134. The molecule has 3 aromatic carbocycles. The van der Waals surface area contributed by atoms with Crippen LogP contribution in [0.15, 0.2) is 83.8 Å². The third kappa shape index (κ3) is 6.28. The standard InChI is InChI=1S/C30H28N2O6/c1-5-8-22-9-6-7-10-27(22)36-18-25-11-12-28(37-25)30(33)31-23-15-24(32(34)35)17-26(16-23)38-29-14-19(2)13-20(3)21(29)4/h5-7,9-17H,1,8,18H2,2-4H3,(H,31,33). The van der Waals surface area contributed by atoms with Gasteiger partial charge in [-0.15, -0.1) is 6.58 Å². The number of allylic oxidation sites excluding steroid dienone is 1. The van der Waals surface area contributed by atoms with Crippen LogP contribution in [0.2, 0.25) is 0 Å². The van der Waals surface area contributed by atoms with Crippen molar-refractivity contribution in [2.75, 3.05) is 5.32 Å².